The maximum absolute atomic E-state index is 12.7. The summed E-state index contributed by atoms with van der Waals surface area (Å²) < 4.78 is 0. The van der Waals surface area contributed by atoms with Gasteiger partial charge in [-0.3, -0.25) is 4.79 Å². The van der Waals surface area contributed by atoms with Crippen LogP contribution in [0, 0.1) is 12.8 Å². The third kappa shape index (κ3) is 6.47. The molecule has 1 N–H and O–H groups in total. The molecule has 2 aliphatic rings. The Hall–Kier alpha value is -2.86. The Morgan fingerprint density at radius 3 is 3.00 bits per heavy atom. The Kier molecular flexibility index (Phi) is 8.22. The van der Waals surface area contributed by atoms with Crippen molar-refractivity contribution in [1.82, 2.24) is 20.3 Å². The molecule has 0 radical (unpaired) electrons. The molecule has 1 saturated carbocycles. The Bertz CT molecular complexity index is 1220. The van der Waals surface area contributed by atoms with Crippen molar-refractivity contribution in [1.29, 1.82) is 0 Å². The normalized spacial score (nSPS) is 19.5. The fraction of sp³-hybridized carbons (Fsp3) is 0.467. The van der Waals surface area contributed by atoms with Crippen LogP contribution in [-0.2, 0) is 24.1 Å². The minimum atomic E-state index is 0.194. The second-order valence-electron chi connectivity index (χ2n) is 10.3. The van der Waals surface area contributed by atoms with Crippen LogP contribution in [0.1, 0.15) is 78.9 Å². The number of rotatable bonds is 8. The first-order valence-electron chi connectivity index (χ1n) is 13.4. The van der Waals surface area contributed by atoms with Crippen LogP contribution in [-0.4, -0.2) is 26.9 Å². The van der Waals surface area contributed by atoms with Crippen molar-refractivity contribution in [2.24, 2.45) is 5.92 Å². The zero-order chi connectivity index (χ0) is 24.7. The first kappa shape index (κ1) is 24.8. The number of carbonyl (C=O) groups excluding carboxylic acids is 1. The second-order valence-corrected chi connectivity index (χ2v) is 11.3. The predicted molar refractivity (Wildman–Crippen MR) is 147 cm³/mol. The highest BCUT2D eigenvalue weighted by Crippen LogP contribution is 2.29. The largest absolute Gasteiger partial charge is 0.353 e. The van der Waals surface area contributed by atoms with Crippen LogP contribution in [0.25, 0.3) is 17.3 Å². The fourth-order valence-corrected chi connectivity index (χ4v) is 6.21. The topological polar surface area (TPSA) is 67.8 Å². The molecule has 36 heavy (non-hydrogen) atoms. The van der Waals surface area contributed by atoms with Crippen molar-refractivity contribution < 1.29 is 4.79 Å². The number of hydrogen-bond donors (Lipinski definition) is 1. The molecule has 1 amide bonds. The van der Waals surface area contributed by atoms with E-state index in [0.29, 0.717) is 18.4 Å². The van der Waals surface area contributed by atoms with Gasteiger partial charge in [-0.05, 0) is 82.3 Å². The van der Waals surface area contributed by atoms with Gasteiger partial charge in [-0.15, -0.1) is 11.3 Å². The number of hydrogen-bond acceptors (Lipinski definition) is 5. The molecule has 2 unspecified atom stereocenters. The molecule has 2 aliphatic carbocycles. The van der Waals surface area contributed by atoms with E-state index < -0.39 is 0 Å². The number of aromatic nitrogens is 3. The van der Waals surface area contributed by atoms with Gasteiger partial charge in [-0.2, -0.15) is 0 Å². The highest BCUT2D eigenvalue weighted by Gasteiger charge is 2.22. The molecule has 0 spiro atoms. The van der Waals surface area contributed by atoms with Gasteiger partial charge < -0.3 is 5.32 Å². The van der Waals surface area contributed by atoms with Crippen LogP contribution >= 0.6 is 11.3 Å². The number of benzene rings is 1. The highest BCUT2D eigenvalue weighted by atomic mass is 32.1. The van der Waals surface area contributed by atoms with Gasteiger partial charge in [0.25, 0.3) is 0 Å². The lowest BCUT2D eigenvalue weighted by Gasteiger charge is -2.18. The maximum atomic E-state index is 12.7. The SMILES string of the molecule is Cc1nc(-c2cccc(CCCC(=O)NC3CCCC(Cc4ncnc5c4C=CCC5)CC3)c2)cs1. The van der Waals surface area contributed by atoms with Crippen molar-refractivity contribution in [2.45, 2.75) is 83.6 Å². The molecular weight excluding hydrogens is 464 g/mol. The van der Waals surface area contributed by atoms with Crippen LogP contribution in [0.15, 0.2) is 42.0 Å². The number of carbonyl (C=O) groups is 1. The lowest BCUT2D eigenvalue weighted by atomic mass is 9.91. The predicted octanol–water partition coefficient (Wildman–Crippen LogP) is 6.50. The zero-order valence-electron chi connectivity index (χ0n) is 21.2. The number of nitrogens with one attached hydrogen (secondary N) is 1. The lowest BCUT2D eigenvalue weighted by molar-refractivity contribution is -0.122. The van der Waals surface area contributed by atoms with Crippen LogP contribution in [0.2, 0.25) is 0 Å². The molecule has 0 saturated heterocycles. The molecule has 3 aromatic rings. The van der Waals surface area contributed by atoms with Crippen LogP contribution in [0.4, 0.5) is 0 Å². The Labute approximate surface area is 218 Å². The molecule has 188 valence electrons. The van der Waals surface area contributed by atoms with Crippen LogP contribution < -0.4 is 5.32 Å². The minimum absolute atomic E-state index is 0.194. The molecule has 5 rings (SSSR count). The van der Waals surface area contributed by atoms with Crippen molar-refractivity contribution in [3.63, 3.8) is 0 Å². The third-order valence-electron chi connectivity index (χ3n) is 7.53. The number of thiazole rings is 1. The Morgan fingerprint density at radius 1 is 1.17 bits per heavy atom. The molecule has 5 nitrogen and oxygen atoms in total. The summed E-state index contributed by atoms with van der Waals surface area (Å²) in [6.45, 7) is 2.03. The van der Waals surface area contributed by atoms with Crippen molar-refractivity contribution in [2.75, 3.05) is 0 Å². The quantitative estimate of drug-likeness (QED) is 0.359. The summed E-state index contributed by atoms with van der Waals surface area (Å²) in [5.41, 5.74) is 7.13. The third-order valence-corrected chi connectivity index (χ3v) is 8.30. The Morgan fingerprint density at radius 2 is 2.11 bits per heavy atom. The summed E-state index contributed by atoms with van der Waals surface area (Å²) in [6, 6.07) is 8.87. The van der Waals surface area contributed by atoms with Gasteiger partial charge in [0.15, 0.2) is 0 Å². The van der Waals surface area contributed by atoms with E-state index in [1.54, 1.807) is 17.7 Å². The second kappa shape index (κ2) is 11.9. The van der Waals surface area contributed by atoms with Gasteiger partial charge >= 0.3 is 0 Å². The number of amides is 1. The summed E-state index contributed by atoms with van der Waals surface area (Å²) in [5, 5.41) is 6.53. The lowest BCUT2D eigenvalue weighted by Crippen LogP contribution is -2.34. The summed E-state index contributed by atoms with van der Waals surface area (Å²) in [4.78, 5) is 26.4. The van der Waals surface area contributed by atoms with Gasteiger partial charge in [0.1, 0.15) is 6.33 Å². The first-order chi connectivity index (χ1) is 17.6. The summed E-state index contributed by atoms with van der Waals surface area (Å²) in [5.74, 6) is 0.828. The van der Waals surface area contributed by atoms with E-state index in [-0.39, 0.29) is 5.91 Å². The first-order valence-corrected chi connectivity index (χ1v) is 14.3. The summed E-state index contributed by atoms with van der Waals surface area (Å²) in [6.07, 6.45) is 17.4. The molecule has 2 atom stereocenters. The molecule has 1 fully saturated rings. The molecule has 1 aromatic carbocycles. The van der Waals surface area contributed by atoms with E-state index >= 15 is 0 Å². The average molecular weight is 501 g/mol. The standard InChI is InChI=1S/C30H36N4OS/c1-21-33-29(19-36-21)24-10-4-7-22(17-24)9-6-14-30(35)34-25-11-5-8-23(15-16-25)18-28-26-12-2-3-13-27(26)31-20-32-28/h2,4,7,10,12,17,19-20,23,25H,3,5-6,8-9,11,13-16,18H2,1H3,(H,34,35). The fourth-order valence-electron chi connectivity index (χ4n) is 5.58. The van der Waals surface area contributed by atoms with Crippen molar-refractivity contribution >= 4 is 23.3 Å². The Balaban J connectivity index is 1.07. The summed E-state index contributed by atoms with van der Waals surface area (Å²) >= 11 is 1.68. The molecular formula is C30H36N4OS. The smallest absolute Gasteiger partial charge is 0.220 e. The van der Waals surface area contributed by atoms with E-state index in [0.717, 1.165) is 67.6 Å². The molecule has 0 aliphatic heterocycles. The molecule has 0 bridgehead atoms. The van der Waals surface area contributed by atoms with E-state index in [2.05, 4.69) is 62.1 Å². The van der Waals surface area contributed by atoms with Crippen molar-refractivity contribution in [3.05, 3.63) is 69.6 Å². The van der Waals surface area contributed by atoms with Gasteiger partial charge in [0.2, 0.25) is 5.91 Å². The number of nitrogens with zero attached hydrogens (tertiary/aromatic N) is 3. The number of allylic oxidation sites excluding steroid dienone is 1. The maximum Gasteiger partial charge on any atom is 0.220 e. The molecule has 2 aromatic heterocycles. The van der Waals surface area contributed by atoms with Gasteiger partial charge in [-0.25, -0.2) is 15.0 Å². The molecule has 6 heteroatoms. The highest BCUT2D eigenvalue weighted by molar-refractivity contribution is 7.09. The zero-order valence-corrected chi connectivity index (χ0v) is 22.0. The van der Waals surface area contributed by atoms with Gasteiger partial charge in [-0.1, -0.05) is 36.8 Å². The minimum Gasteiger partial charge on any atom is -0.353 e. The monoisotopic (exact) mass is 500 g/mol. The van der Waals surface area contributed by atoms with E-state index in [9.17, 15) is 4.79 Å². The van der Waals surface area contributed by atoms with Crippen LogP contribution in [0.3, 0.4) is 0 Å². The number of aryl methyl sites for hydroxylation is 3. The van der Waals surface area contributed by atoms with E-state index in [1.807, 2.05) is 6.92 Å². The van der Waals surface area contributed by atoms with Crippen LogP contribution in [0.5, 0.6) is 0 Å². The molecule has 2 heterocycles. The summed E-state index contributed by atoms with van der Waals surface area (Å²) in [7, 11) is 0. The average Bonchev–Trinajstić information content (AvgIpc) is 3.21. The van der Waals surface area contributed by atoms with E-state index in [1.165, 1.54) is 35.4 Å². The van der Waals surface area contributed by atoms with Gasteiger partial charge in [0.05, 0.1) is 22.1 Å². The van der Waals surface area contributed by atoms with Crippen molar-refractivity contribution in [3.8, 4) is 11.3 Å². The number of fused-ring (bicyclic) bond motifs is 1. The van der Waals surface area contributed by atoms with E-state index in [4.69, 9.17) is 0 Å². The van der Waals surface area contributed by atoms with Gasteiger partial charge in [0, 0.05) is 29.0 Å².